The van der Waals surface area contributed by atoms with Gasteiger partial charge in [-0.2, -0.15) is 10.1 Å². The first kappa shape index (κ1) is 16.6. The van der Waals surface area contributed by atoms with Gasteiger partial charge in [0.25, 0.3) is 5.91 Å². The monoisotopic (exact) mass is 332 g/mol. The second-order valence-corrected chi connectivity index (χ2v) is 6.66. The van der Waals surface area contributed by atoms with E-state index in [1.54, 1.807) is 11.6 Å². The molecule has 0 saturated carbocycles. The second-order valence-electron chi connectivity index (χ2n) is 6.66. The molecule has 0 bridgehead atoms. The smallest absolute Gasteiger partial charge is 0.272 e. The van der Waals surface area contributed by atoms with Crippen LogP contribution in [0.1, 0.15) is 53.7 Å². The number of hydrogen-bond acceptors (Lipinski definition) is 6. The number of aromatic nitrogens is 4. The van der Waals surface area contributed by atoms with Gasteiger partial charge in [0.15, 0.2) is 5.82 Å². The number of piperazine rings is 1. The third-order valence-electron chi connectivity index (χ3n) is 4.47. The highest BCUT2D eigenvalue weighted by Gasteiger charge is 2.33. The van der Waals surface area contributed by atoms with Crippen LogP contribution in [-0.2, 0) is 7.05 Å². The van der Waals surface area contributed by atoms with Gasteiger partial charge >= 0.3 is 0 Å². The minimum absolute atomic E-state index is 0.00811. The molecule has 1 amide bonds. The fourth-order valence-corrected chi connectivity index (χ4v) is 2.91. The van der Waals surface area contributed by atoms with Crippen molar-refractivity contribution >= 4 is 5.91 Å². The van der Waals surface area contributed by atoms with Crippen LogP contribution in [0.25, 0.3) is 0 Å². The molecule has 24 heavy (non-hydrogen) atoms. The lowest BCUT2D eigenvalue weighted by Crippen LogP contribution is -2.49. The van der Waals surface area contributed by atoms with Gasteiger partial charge in [0.2, 0.25) is 5.89 Å². The Morgan fingerprint density at radius 3 is 2.67 bits per heavy atom. The molecule has 0 spiro atoms. The van der Waals surface area contributed by atoms with Crippen molar-refractivity contribution in [1.29, 1.82) is 0 Å². The average molecular weight is 332 g/mol. The number of aryl methyl sites for hydroxylation is 2. The highest BCUT2D eigenvalue weighted by molar-refractivity contribution is 5.92. The fourth-order valence-electron chi connectivity index (χ4n) is 2.91. The van der Waals surface area contributed by atoms with Crippen LogP contribution in [0.5, 0.6) is 0 Å². The van der Waals surface area contributed by atoms with Gasteiger partial charge in [-0.05, 0) is 26.0 Å². The zero-order chi connectivity index (χ0) is 17.4. The number of amides is 1. The molecule has 8 heteroatoms. The summed E-state index contributed by atoms with van der Waals surface area (Å²) >= 11 is 0. The van der Waals surface area contributed by atoms with Crippen molar-refractivity contribution in [3.05, 3.63) is 29.2 Å². The van der Waals surface area contributed by atoms with E-state index in [4.69, 9.17) is 4.52 Å². The summed E-state index contributed by atoms with van der Waals surface area (Å²) in [6, 6.07) is 1.80. The van der Waals surface area contributed by atoms with Gasteiger partial charge < -0.3 is 9.42 Å². The lowest BCUT2D eigenvalue weighted by atomic mass is 10.1. The molecule has 0 aromatic carbocycles. The van der Waals surface area contributed by atoms with Crippen molar-refractivity contribution in [3.8, 4) is 0 Å². The number of hydrogen-bond donors (Lipinski definition) is 0. The standard InChI is InChI=1S/C16H24N6O2/c1-10(2)12-8-13(21(5)18-12)16(23)22-7-6-20(4)14(9-22)15-17-11(3)19-24-15/h8,10,14H,6-7,9H2,1-5H3/t14-/m1/s1. The lowest BCUT2D eigenvalue weighted by Gasteiger charge is -2.37. The molecule has 1 aliphatic rings. The van der Waals surface area contributed by atoms with Crippen molar-refractivity contribution in [2.45, 2.75) is 32.7 Å². The molecule has 3 rings (SSSR count). The van der Waals surface area contributed by atoms with Crippen LogP contribution >= 0.6 is 0 Å². The Labute approximate surface area is 141 Å². The largest absolute Gasteiger partial charge is 0.338 e. The Hall–Kier alpha value is -2.22. The first-order valence-corrected chi connectivity index (χ1v) is 8.20. The van der Waals surface area contributed by atoms with Crippen LogP contribution in [0.4, 0.5) is 0 Å². The topological polar surface area (TPSA) is 80.3 Å². The van der Waals surface area contributed by atoms with E-state index in [0.717, 1.165) is 12.2 Å². The Morgan fingerprint density at radius 1 is 1.33 bits per heavy atom. The van der Waals surface area contributed by atoms with E-state index in [0.29, 0.717) is 36.4 Å². The first-order chi connectivity index (χ1) is 11.4. The maximum Gasteiger partial charge on any atom is 0.272 e. The molecular weight excluding hydrogens is 308 g/mol. The van der Waals surface area contributed by atoms with Gasteiger partial charge in [0.1, 0.15) is 11.7 Å². The van der Waals surface area contributed by atoms with E-state index >= 15 is 0 Å². The Kier molecular flexibility index (Phi) is 4.40. The van der Waals surface area contributed by atoms with Crippen LogP contribution in [0.2, 0.25) is 0 Å². The molecule has 0 unspecified atom stereocenters. The van der Waals surface area contributed by atoms with Gasteiger partial charge in [-0.25, -0.2) is 0 Å². The van der Waals surface area contributed by atoms with Crippen LogP contribution in [0, 0.1) is 6.92 Å². The molecule has 0 radical (unpaired) electrons. The second kappa shape index (κ2) is 6.35. The molecule has 2 aromatic heterocycles. The third kappa shape index (κ3) is 3.06. The van der Waals surface area contributed by atoms with Gasteiger partial charge in [-0.1, -0.05) is 19.0 Å². The summed E-state index contributed by atoms with van der Waals surface area (Å²) in [6.07, 6.45) is 0. The molecule has 0 N–H and O–H groups in total. The maximum atomic E-state index is 12.9. The summed E-state index contributed by atoms with van der Waals surface area (Å²) in [5.41, 5.74) is 1.54. The predicted octanol–water partition coefficient (Wildman–Crippen LogP) is 1.36. The number of likely N-dealkylation sites (N-methyl/N-ethyl adjacent to an activating group) is 1. The molecule has 1 saturated heterocycles. The molecule has 1 fully saturated rings. The van der Waals surface area contributed by atoms with E-state index in [-0.39, 0.29) is 11.9 Å². The third-order valence-corrected chi connectivity index (χ3v) is 4.47. The molecule has 1 atom stereocenters. The number of rotatable bonds is 3. The average Bonchev–Trinajstić information content (AvgIpc) is 3.13. The number of carbonyl (C=O) groups excluding carboxylic acids is 1. The Balaban J connectivity index is 1.80. The van der Waals surface area contributed by atoms with Crippen LogP contribution in [-0.4, -0.2) is 62.3 Å². The van der Waals surface area contributed by atoms with E-state index in [2.05, 4.69) is 34.0 Å². The lowest BCUT2D eigenvalue weighted by molar-refractivity contribution is 0.0479. The minimum Gasteiger partial charge on any atom is -0.338 e. The zero-order valence-corrected chi connectivity index (χ0v) is 14.9. The molecule has 3 heterocycles. The van der Waals surface area contributed by atoms with Crippen molar-refractivity contribution in [1.82, 2.24) is 29.7 Å². The first-order valence-electron chi connectivity index (χ1n) is 8.20. The van der Waals surface area contributed by atoms with Gasteiger partial charge in [-0.15, -0.1) is 0 Å². The molecule has 1 aliphatic heterocycles. The summed E-state index contributed by atoms with van der Waals surface area (Å²) in [6.45, 7) is 7.88. The van der Waals surface area contributed by atoms with E-state index in [1.807, 2.05) is 25.1 Å². The van der Waals surface area contributed by atoms with E-state index < -0.39 is 0 Å². The van der Waals surface area contributed by atoms with Crippen LogP contribution in [0.15, 0.2) is 10.6 Å². The maximum absolute atomic E-state index is 12.9. The van der Waals surface area contributed by atoms with Crippen molar-refractivity contribution < 1.29 is 9.32 Å². The summed E-state index contributed by atoms with van der Waals surface area (Å²) in [5, 5.41) is 8.30. The highest BCUT2D eigenvalue weighted by atomic mass is 16.5. The SMILES string of the molecule is Cc1noc([C@H]2CN(C(=O)c3cc(C(C)C)nn3C)CCN2C)n1. The van der Waals surface area contributed by atoms with Crippen LogP contribution < -0.4 is 0 Å². The van der Waals surface area contributed by atoms with Crippen LogP contribution in [0.3, 0.4) is 0 Å². The van der Waals surface area contributed by atoms with Crippen molar-refractivity contribution in [2.75, 3.05) is 26.7 Å². The van der Waals surface area contributed by atoms with Gasteiger partial charge in [-0.3, -0.25) is 14.4 Å². The summed E-state index contributed by atoms with van der Waals surface area (Å²) in [5.74, 6) is 1.45. The number of carbonyl (C=O) groups is 1. The highest BCUT2D eigenvalue weighted by Crippen LogP contribution is 2.24. The summed E-state index contributed by atoms with van der Waals surface area (Å²) in [7, 11) is 3.82. The molecule has 2 aromatic rings. The quantitative estimate of drug-likeness (QED) is 0.844. The minimum atomic E-state index is -0.0818. The zero-order valence-electron chi connectivity index (χ0n) is 14.9. The predicted molar refractivity (Wildman–Crippen MR) is 87.6 cm³/mol. The summed E-state index contributed by atoms with van der Waals surface area (Å²) < 4.78 is 6.98. The Morgan fingerprint density at radius 2 is 2.08 bits per heavy atom. The van der Waals surface area contributed by atoms with E-state index in [9.17, 15) is 4.79 Å². The molecular formula is C16H24N6O2. The molecule has 130 valence electrons. The normalized spacial score (nSPS) is 19.2. The van der Waals surface area contributed by atoms with Crippen molar-refractivity contribution in [2.24, 2.45) is 7.05 Å². The van der Waals surface area contributed by atoms with E-state index in [1.165, 1.54) is 0 Å². The molecule has 8 nitrogen and oxygen atoms in total. The Bertz CT molecular complexity index is 735. The van der Waals surface area contributed by atoms with Crippen molar-refractivity contribution in [3.63, 3.8) is 0 Å². The summed E-state index contributed by atoms with van der Waals surface area (Å²) in [4.78, 5) is 21.2. The van der Waals surface area contributed by atoms with Gasteiger partial charge in [0, 0.05) is 26.7 Å². The van der Waals surface area contributed by atoms with Gasteiger partial charge in [0.05, 0.1) is 5.69 Å². The fraction of sp³-hybridized carbons (Fsp3) is 0.625. The number of nitrogens with zero attached hydrogens (tertiary/aromatic N) is 6. The molecule has 0 aliphatic carbocycles.